The number of hydrogen-bond donors (Lipinski definition) is 2. The van der Waals surface area contributed by atoms with Crippen LogP contribution in [0.15, 0.2) is 18.2 Å². The number of benzene rings is 1. The lowest BCUT2D eigenvalue weighted by molar-refractivity contribution is 0.1000. The van der Waals surface area contributed by atoms with Crippen molar-refractivity contribution in [2.24, 2.45) is 5.73 Å². The average molecular weight is 248 g/mol. The minimum atomic E-state index is -0.378. The molecule has 0 aromatic heterocycles. The van der Waals surface area contributed by atoms with Crippen molar-refractivity contribution >= 4 is 5.91 Å². The summed E-state index contributed by atoms with van der Waals surface area (Å²) in [6.45, 7) is 4.57. The number of nitrogens with two attached hydrogens (primary N) is 1. The van der Waals surface area contributed by atoms with Gasteiger partial charge >= 0.3 is 0 Å². The predicted octanol–water partition coefficient (Wildman–Crippen LogP) is 1.36. The van der Waals surface area contributed by atoms with Gasteiger partial charge in [0.05, 0.1) is 6.10 Å². The third-order valence-electron chi connectivity index (χ3n) is 3.34. The maximum Gasteiger partial charge on any atom is 0.248 e. The normalized spacial score (nSPS) is 19.1. The quantitative estimate of drug-likeness (QED) is 0.827. The second-order valence-corrected chi connectivity index (χ2v) is 4.77. The molecule has 4 heteroatoms. The fourth-order valence-corrected chi connectivity index (χ4v) is 2.22. The van der Waals surface area contributed by atoms with Crippen LogP contribution in [0.4, 0.5) is 0 Å². The first-order valence-corrected chi connectivity index (χ1v) is 6.38. The Balaban J connectivity index is 1.87. The van der Waals surface area contributed by atoms with Crippen molar-refractivity contribution in [1.82, 2.24) is 5.32 Å². The van der Waals surface area contributed by atoms with Crippen LogP contribution in [0.2, 0.25) is 0 Å². The van der Waals surface area contributed by atoms with Gasteiger partial charge in [-0.1, -0.05) is 6.07 Å². The number of aryl methyl sites for hydroxylation is 1. The molecule has 1 aliphatic rings. The number of hydrogen-bond acceptors (Lipinski definition) is 3. The van der Waals surface area contributed by atoms with E-state index in [0.717, 1.165) is 31.7 Å². The lowest BCUT2D eigenvalue weighted by Crippen LogP contribution is -2.26. The third kappa shape index (κ3) is 3.31. The summed E-state index contributed by atoms with van der Waals surface area (Å²) in [6.07, 6.45) is 2.67. The Hall–Kier alpha value is -1.39. The summed E-state index contributed by atoms with van der Waals surface area (Å²) in [7, 11) is 0. The van der Waals surface area contributed by atoms with Gasteiger partial charge in [0, 0.05) is 25.3 Å². The van der Waals surface area contributed by atoms with Gasteiger partial charge < -0.3 is 15.8 Å². The summed E-state index contributed by atoms with van der Waals surface area (Å²) in [4.78, 5) is 11.0. The first kappa shape index (κ1) is 13.1. The van der Waals surface area contributed by atoms with Crippen LogP contribution in [0.25, 0.3) is 0 Å². The van der Waals surface area contributed by atoms with Gasteiger partial charge in [-0.15, -0.1) is 0 Å². The van der Waals surface area contributed by atoms with Gasteiger partial charge in [0.1, 0.15) is 0 Å². The minimum absolute atomic E-state index is 0.357. The zero-order valence-corrected chi connectivity index (χ0v) is 10.7. The van der Waals surface area contributed by atoms with E-state index in [9.17, 15) is 4.79 Å². The van der Waals surface area contributed by atoms with Gasteiger partial charge in [0.25, 0.3) is 0 Å². The van der Waals surface area contributed by atoms with E-state index in [-0.39, 0.29) is 5.91 Å². The van der Waals surface area contributed by atoms with Gasteiger partial charge in [-0.2, -0.15) is 0 Å². The monoisotopic (exact) mass is 248 g/mol. The molecular formula is C14H20N2O2. The first-order valence-electron chi connectivity index (χ1n) is 6.38. The van der Waals surface area contributed by atoms with Crippen LogP contribution in [0, 0.1) is 6.92 Å². The van der Waals surface area contributed by atoms with Crippen LogP contribution in [0.1, 0.15) is 34.3 Å². The van der Waals surface area contributed by atoms with Crippen molar-refractivity contribution in [3.05, 3.63) is 34.9 Å². The fourth-order valence-electron chi connectivity index (χ4n) is 2.22. The van der Waals surface area contributed by atoms with Crippen LogP contribution in [0.3, 0.4) is 0 Å². The zero-order valence-electron chi connectivity index (χ0n) is 10.7. The average Bonchev–Trinajstić information content (AvgIpc) is 2.84. The molecule has 1 aromatic carbocycles. The maximum atomic E-state index is 11.0. The van der Waals surface area contributed by atoms with E-state index in [1.54, 1.807) is 6.07 Å². The Bertz CT molecular complexity index is 426. The van der Waals surface area contributed by atoms with Crippen molar-refractivity contribution in [3.63, 3.8) is 0 Å². The molecule has 1 aliphatic heterocycles. The van der Waals surface area contributed by atoms with E-state index < -0.39 is 0 Å². The summed E-state index contributed by atoms with van der Waals surface area (Å²) in [6, 6.07) is 5.57. The van der Waals surface area contributed by atoms with Gasteiger partial charge in [0.2, 0.25) is 5.91 Å². The number of ether oxygens (including phenoxy) is 1. The molecule has 1 fully saturated rings. The molecule has 4 nitrogen and oxygen atoms in total. The van der Waals surface area contributed by atoms with Crippen molar-refractivity contribution in [2.45, 2.75) is 32.4 Å². The number of carbonyl (C=O) groups is 1. The summed E-state index contributed by atoms with van der Waals surface area (Å²) in [5.74, 6) is -0.378. The first-order chi connectivity index (χ1) is 8.66. The van der Waals surface area contributed by atoms with Gasteiger partial charge in [0.15, 0.2) is 0 Å². The van der Waals surface area contributed by atoms with Crippen molar-refractivity contribution < 1.29 is 9.53 Å². The van der Waals surface area contributed by atoms with Crippen molar-refractivity contribution in [2.75, 3.05) is 13.2 Å². The molecule has 0 bridgehead atoms. The number of carbonyl (C=O) groups excluding carboxylic acids is 1. The number of primary amides is 1. The second kappa shape index (κ2) is 5.98. The molecule has 1 atom stereocenters. The molecule has 0 radical (unpaired) electrons. The van der Waals surface area contributed by atoms with Crippen LogP contribution >= 0.6 is 0 Å². The Kier molecular flexibility index (Phi) is 4.33. The molecule has 1 saturated heterocycles. The lowest BCUT2D eigenvalue weighted by Gasteiger charge is -2.12. The smallest absolute Gasteiger partial charge is 0.248 e. The van der Waals surface area contributed by atoms with E-state index >= 15 is 0 Å². The number of rotatable bonds is 5. The van der Waals surface area contributed by atoms with Gasteiger partial charge in [-0.25, -0.2) is 0 Å². The zero-order chi connectivity index (χ0) is 13.0. The highest BCUT2D eigenvalue weighted by molar-refractivity contribution is 5.93. The number of amides is 1. The molecule has 2 rings (SSSR count). The van der Waals surface area contributed by atoms with Crippen LogP contribution in [-0.2, 0) is 11.3 Å². The Morgan fingerprint density at radius 1 is 1.56 bits per heavy atom. The molecule has 0 spiro atoms. The van der Waals surface area contributed by atoms with Crippen LogP contribution in [-0.4, -0.2) is 25.2 Å². The summed E-state index contributed by atoms with van der Waals surface area (Å²) in [5, 5.41) is 3.39. The molecule has 1 unspecified atom stereocenters. The van der Waals surface area contributed by atoms with E-state index in [1.165, 1.54) is 12.0 Å². The predicted molar refractivity (Wildman–Crippen MR) is 70.4 cm³/mol. The molecule has 0 aliphatic carbocycles. The Morgan fingerprint density at radius 2 is 2.39 bits per heavy atom. The number of nitrogens with one attached hydrogen (secondary N) is 1. The summed E-state index contributed by atoms with van der Waals surface area (Å²) in [5.41, 5.74) is 8.09. The summed E-state index contributed by atoms with van der Waals surface area (Å²) < 4.78 is 5.55. The molecule has 3 N–H and O–H groups in total. The molecule has 0 saturated carbocycles. The van der Waals surface area contributed by atoms with Crippen LogP contribution < -0.4 is 11.1 Å². The Morgan fingerprint density at radius 3 is 3.00 bits per heavy atom. The van der Waals surface area contributed by atoms with Crippen LogP contribution in [0.5, 0.6) is 0 Å². The van der Waals surface area contributed by atoms with Gasteiger partial charge in [-0.05, 0) is 43.0 Å². The fraction of sp³-hybridized carbons (Fsp3) is 0.500. The highest BCUT2D eigenvalue weighted by Gasteiger charge is 2.14. The van der Waals surface area contributed by atoms with E-state index in [4.69, 9.17) is 10.5 Å². The third-order valence-corrected chi connectivity index (χ3v) is 3.34. The van der Waals surface area contributed by atoms with Gasteiger partial charge in [-0.3, -0.25) is 4.79 Å². The van der Waals surface area contributed by atoms with Crippen molar-refractivity contribution in [1.29, 1.82) is 0 Å². The standard InChI is InChI=1S/C14H20N2O2/c1-10-7-11(14(15)17)4-5-12(10)8-16-9-13-3-2-6-18-13/h4-5,7,13,16H,2-3,6,8-9H2,1H3,(H2,15,17). The SMILES string of the molecule is Cc1cc(C(N)=O)ccc1CNCC1CCCO1. The minimum Gasteiger partial charge on any atom is -0.377 e. The summed E-state index contributed by atoms with van der Waals surface area (Å²) >= 11 is 0. The molecular weight excluding hydrogens is 228 g/mol. The lowest BCUT2D eigenvalue weighted by atomic mass is 10.0. The molecule has 1 aromatic rings. The largest absolute Gasteiger partial charge is 0.377 e. The molecule has 1 heterocycles. The second-order valence-electron chi connectivity index (χ2n) is 4.77. The molecule has 1 amide bonds. The molecule has 18 heavy (non-hydrogen) atoms. The molecule has 98 valence electrons. The van der Waals surface area contributed by atoms with Crippen molar-refractivity contribution in [3.8, 4) is 0 Å². The topological polar surface area (TPSA) is 64.4 Å². The highest BCUT2D eigenvalue weighted by atomic mass is 16.5. The Labute approximate surface area is 108 Å². The highest BCUT2D eigenvalue weighted by Crippen LogP contribution is 2.13. The van der Waals surface area contributed by atoms with E-state index in [2.05, 4.69) is 5.32 Å². The van der Waals surface area contributed by atoms with E-state index in [1.807, 2.05) is 19.1 Å². The van der Waals surface area contributed by atoms with E-state index in [0.29, 0.717) is 11.7 Å². The maximum absolute atomic E-state index is 11.0.